The molecule has 0 unspecified atom stereocenters. The molecule has 1 aromatic heterocycles. The molecule has 0 aliphatic heterocycles. The minimum Gasteiger partial charge on any atom is -0.479 e. The Hall–Kier alpha value is -2.35. The number of carbonyl (C=O) groups is 3. The van der Waals surface area contributed by atoms with Crippen LogP contribution in [0.1, 0.15) is 12.5 Å². The standard InChI is InChI=1S/C14H13BrN2O5/c1-7(18)17-14(12(19)20,13(21)22)5-8-6-16-11-3-2-9(15)4-10(8)11/h2-4,6,16H,5H2,1H3,(H,17,18)(H,19,20)(H,21,22). The van der Waals surface area contributed by atoms with Crippen molar-refractivity contribution < 1.29 is 24.6 Å². The third-order valence-corrected chi connectivity index (χ3v) is 3.80. The smallest absolute Gasteiger partial charge is 0.341 e. The van der Waals surface area contributed by atoms with Crippen LogP contribution in [0, 0.1) is 0 Å². The van der Waals surface area contributed by atoms with Crippen LogP contribution in [0.3, 0.4) is 0 Å². The van der Waals surface area contributed by atoms with E-state index < -0.39 is 23.4 Å². The predicted octanol–water partition coefficient (Wildman–Crippen LogP) is 1.52. The molecule has 0 atom stereocenters. The minimum absolute atomic E-state index is 0.381. The Labute approximate surface area is 133 Å². The number of halogens is 1. The lowest BCUT2D eigenvalue weighted by molar-refractivity contribution is -0.161. The van der Waals surface area contributed by atoms with Crippen LogP contribution in [0.5, 0.6) is 0 Å². The summed E-state index contributed by atoms with van der Waals surface area (Å²) in [5.41, 5.74) is -1.19. The molecular weight excluding hydrogens is 356 g/mol. The molecule has 0 aliphatic rings. The summed E-state index contributed by atoms with van der Waals surface area (Å²) >= 11 is 3.31. The molecule has 8 heteroatoms. The highest BCUT2D eigenvalue weighted by Crippen LogP contribution is 2.26. The Kier molecular flexibility index (Phi) is 4.23. The zero-order valence-corrected chi connectivity index (χ0v) is 13.1. The summed E-state index contributed by atoms with van der Waals surface area (Å²) < 4.78 is 0.775. The fraction of sp³-hybridized carbons (Fsp3) is 0.214. The SMILES string of the molecule is CC(=O)NC(Cc1c[nH]c2ccc(Br)cc12)(C(=O)O)C(=O)O. The quantitative estimate of drug-likeness (QED) is 0.596. The molecule has 4 N–H and O–H groups in total. The third kappa shape index (κ3) is 2.82. The van der Waals surface area contributed by atoms with Crippen molar-refractivity contribution in [3.8, 4) is 0 Å². The number of carboxylic acid groups (broad SMARTS) is 2. The van der Waals surface area contributed by atoms with Gasteiger partial charge in [0.25, 0.3) is 0 Å². The summed E-state index contributed by atoms with van der Waals surface area (Å²) in [6.07, 6.45) is 1.16. The second-order valence-corrected chi connectivity index (χ2v) is 5.79. The first-order chi connectivity index (χ1) is 10.3. The van der Waals surface area contributed by atoms with Gasteiger partial charge >= 0.3 is 11.9 Å². The highest BCUT2D eigenvalue weighted by atomic mass is 79.9. The number of aromatic nitrogens is 1. The van der Waals surface area contributed by atoms with Crippen LogP contribution in [0.25, 0.3) is 10.9 Å². The van der Waals surface area contributed by atoms with Crippen molar-refractivity contribution >= 4 is 44.7 Å². The molecule has 1 heterocycles. The Bertz CT molecular complexity index is 754. The van der Waals surface area contributed by atoms with Gasteiger partial charge < -0.3 is 20.5 Å². The lowest BCUT2D eigenvalue weighted by Gasteiger charge is -2.25. The van der Waals surface area contributed by atoms with Gasteiger partial charge in [-0.2, -0.15) is 0 Å². The van der Waals surface area contributed by atoms with Gasteiger partial charge in [-0.3, -0.25) is 4.79 Å². The first-order valence-corrected chi connectivity index (χ1v) is 7.06. The molecule has 0 aliphatic carbocycles. The zero-order chi connectivity index (χ0) is 16.5. The minimum atomic E-state index is -2.41. The lowest BCUT2D eigenvalue weighted by Crippen LogP contribution is -2.61. The van der Waals surface area contributed by atoms with Crippen LogP contribution in [0.4, 0.5) is 0 Å². The fourth-order valence-electron chi connectivity index (χ4n) is 2.28. The molecular formula is C14H13BrN2O5. The average Bonchev–Trinajstić information content (AvgIpc) is 2.79. The largest absolute Gasteiger partial charge is 0.479 e. The number of benzene rings is 1. The van der Waals surface area contributed by atoms with E-state index in [1.165, 1.54) is 0 Å². The van der Waals surface area contributed by atoms with Crippen molar-refractivity contribution in [1.82, 2.24) is 10.3 Å². The average molecular weight is 369 g/mol. The fourth-order valence-corrected chi connectivity index (χ4v) is 2.64. The number of fused-ring (bicyclic) bond motifs is 1. The lowest BCUT2D eigenvalue weighted by atomic mass is 9.90. The van der Waals surface area contributed by atoms with Gasteiger partial charge in [0.15, 0.2) is 0 Å². The maximum absolute atomic E-state index is 11.5. The molecule has 1 aromatic carbocycles. The highest BCUT2D eigenvalue weighted by molar-refractivity contribution is 9.10. The van der Waals surface area contributed by atoms with Crippen LogP contribution >= 0.6 is 15.9 Å². The van der Waals surface area contributed by atoms with Crippen molar-refractivity contribution in [3.05, 3.63) is 34.4 Å². The van der Waals surface area contributed by atoms with Gasteiger partial charge in [-0.05, 0) is 23.8 Å². The zero-order valence-electron chi connectivity index (χ0n) is 11.5. The number of nitrogens with one attached hydrogen (secondary N) is 2. The van der Waals surface area contributed by atoms with Crippen LogP contribution in [-0.2, 0) is 20.8 Å². The Balaban J connectivity index is 2.53. The van der Waals surface area contributed by atoms with Gasteiger partial charge in [-0.25, -0.2) is 9.59 Å². The number of aliphatic carboxylic acids is 2. The van der Waals surface area contributed by atoms with E-state index in [4.69, 9.17) is 0 Å². The van der Waals surface area contributed by atoms with Crippen molar-refractivity contribution in [2.75, 3.05) is 0 Å². The van der Waals surface area contributed by atoms with E-state index in [1.807, 2.05) is 5.32 Å². The van der Waals surface area contributed by atoms with Crippen molar-refractivity contribution in [2.45, 2.75) is 18.9 Å². The van der Waals surface area contributed by atoms with E-state index in [2.05, 4.69) is 20.9 Å². The van der Waals surface area contributed by atoms with Crippen LogP contribution in [0.2, 0.25) is 0 Å². The van der Waals surface area contributed by atoms with E-state index >= 15 is 0 Å². The van der Waals surface area contributed by atoms with Gasteiger partial charge in [0.05, 0.1) is 0 Å². The summed E-state index contributed by atoms with van der Waals surface area (Å²) in [5, 5.41) is 21.4. The van der Waals surface area contributed by atoms with E-state index in [0.717, 1.165) is 16.9 Å². The number of aromatic amines is 1. The Morgan fingerprint density at radius 3 is 2.45 bits per heavy atom. The van der Waals surface area contributed by atoms with Gasteiger partial charge in [-0.15, -0.1) is 0 Å². The molecule has 0 bridgehead atoms. The summed E-state index contributed by atoms with van der Waals surface area (Å²) in [7, 11) is 0. The number of amides is 1. The first kappa shape index (κ1) is 16.0. The molecule has 2 aromatic rings. The second-order valence-electron chi connectivity index (χ2n) is 4.88. The maximum atomic E-state index is 11.5. The number of H-pyrrole nitrogens is 1. The Morgan fingerprint density at radius 1 is 1.27 bits per heavy atom. The number of hydrogen-bond acceptors (Lipinski definition) is 3. The molecule has 116 valence electrons. The molecule has 0 saturated heterocycles. The predicted molar refractivity (Wildman–Crippen MR) is 81.5 cm³/mol. The van der Waals surface area contributed by atoms with E-state index in [0.29, 0.717) is 10.9 Å². The van der Waals surface area contributed by atoms with Crippen molar-refractivity contribution in [2.24, 2.45) is 0 Å². The third-order valence-electron chi connectivity index (χ3n) is 3.30. The molecule has 1 amide bonds. The van der Waals surface area contributed by atoms with Gasteiger partial charge in [0, 0.05) is 34.9 Å². The normalized spacial score (nSPS) is 11.4. The molecule has 22 heavy (non-hydrogen) atoms. The molecule has 0 spiro atoms. The van der Waals surface area contributed by atoms with Gasteiger partial charge in [0.1, 0.15) is 0 Å². The molecule has 0 fully saturated rings. The molecule has 0 saturated carbocycles. The summed E-state index contributed by atoms with van der Waals surface area (Å²) in [5.74, 6) is -3.98. The van der Waals surface area contributed by atoms with Gasteiger partial charge in [-0.1, -0.05) is 15.9 Å². The van der Waals surface area contributed by atoms with Crippen LogP contribution in [0.15, 0.2) is 28.9 Å². The topological polar surface area (TPSA) is 119 Å². The summed E-state index contributed by atoms with van der Waals surface area (Å²) in [6.45, 7) is 1.08. The van der Waals surface area contributed by atoms with Crippen LogP contribution < -0.4 is 5.32 Å². The van der Waals surface area contributed by atoms with Crippen molar-refractivity contribution in [3.63, 3.8) is 0 Å². The highest BCUT2D eigenvalue weighted by Gasteiger charge is 2.48. The summed E-state index contributed by atoms with van der Waals surface area (Å²) in [4.78, 5) is 37.2. The maximum Gasteiger partial charge on any atom is 0.341 e. The van der Waals surface area contributed by atoms with E-state index in [9.17, 15) is 24.6 Å². The number of hydrogen-bond donors (Lipinski definition) is 4. The Morgan fingerprint density at radius 2 is 1.91 bits per heavy atom. The monoisotopic (exact) mass is 368 g/mol. The molecule has 7 nitrogen and oxygen atoms in total. The second kappa shape index (κ2) is 5.80. The number of rotatable bonds is 5. The first-order valence-electron chi connectivity index (χ1n) is 6.27. The van der Waals surface area contributed by atoms with E-state index in [1.54, 1.807) is 24.4 Å². The molecule has 0 radical (unpaired) electrons. The number of carbonyl (C=O) groups excluding carboxylic acids is 1. The van der Waals surface area contributed by atoms with Crippen LogP contribution in [-0.4, -0.2) is 38.6 Å². The number of carboxylic acids is 2. The van der Waals surface area contributed by atoms with E-state index in [-0.39, 0.29) is 6.42 Å². The van der Waals surface area contributed by atoms with Crippen molar-refractivity contribution in [1.29, 1.82) is 0 Å². The molecule has 2 rings (SSSR count). The summed E-state index contributed by atoms with van der Waals surface area (Å²) in [6, 6.07) is 5.34. The van der Waals surface area contributed by atoms with Gasteiger partial charge in [0.2, 0.25) is 11.4 Å².